The molecule has 2 heterocycles. The van der Waals surface area contributed by atoms with Crippen molar-refractivity contribution in [2.24, 2.45) is 4.99 Å². The second-order valence-corrected chi connectivity index (χ2v) is 7.22. The van der Waals surface area contributed by atoms with Gasteiger partial charge in [-0.25, -0.2) is 14.8 Å². The molecule has 0 aliphatic carbocycles. The van der Waals surface area contributed by atoms with Gasteiger partial charge in [-0.1, -0.05) is 0 Å². The van der Waals surface area contributed by atoms with Gasteiger partial charge in [0.2, 0.25) is 5.13 Å². The van der Waals surface area contributed by atoms with Gasteiger partial charge in [0.05, 0.1) is 24.7 Å². The Balaban J connectivity index is 1.94. The third-order valence-electron chi connectivity index (χ3n) is 4.14. The van der Waals surface area contributed by atoms with Gasteiger partial charge >= 0.3 is 5.97 Å². The van der Waals surface area contributed by atoms with E-state index < -0.39 is 0 Å². The van der Waals surface area contributed by atoms with E-state index in [4.69, 9.17) is 4.74 Å². The zero-order chi connectivity index (χ0) is 19.6. The quantitative estimate of drug-likeness (QED) is 0.376. The van der Waals surface area contributed by atoms with Gasteiger partial charge in [0.1, 0.15) is 0 Å². The number of esters is 1. The fourth-order valence-corrected chi connectivity index (χ4v) is 3.55. The highest BCUT2D eigenvalue weighted by Gasteiger charge is 2.15. The average molecular weight is 382 g/mol. The van der Waals surface area contributed by atoms with Gasteiger partial charge < -0.3 is 14.2 Å². The Bertz CT molecular complexity index is 984. The molecule has 27 heavy (non-hydrogen) atoms. The van der Waals surface area contributed by atoms with Crippen LogP contribution in [0.3, 0.4) is 0 Å². The lowest BCUT2D eigenvalue weighted by Gasteiger charge is -2.10. The van der Waals surface area contributed by atoms with Crippen molar-refractivity contribution in [3.8, 4) is 16.9 Å². The molecule has 0 bridgehead atoms. The van der Waals surface area contributed by atoms with Gasteiger partial charge in [0.25, 0.3) is 0 Å². The molecule has 0 atom stereocenters. The highest BCUT2D eigenvalue weighted by atomic mass is 32.1. The van der Waals surface area contributed by atoms with Crippen molar-refractivity contribution in [1.29, 1.82) is 0 Å². The number of methoxy groups -OCH3 is 1. The number of carbonyl (C=O) groups excluding carboxylic acids is 1. The van der Waals surface area contributed by atoms with Crippen LogP contribution >= 0.6 is 11.3 Å². The highest BCUT2D eigenvalue weighted by molar-refractivity contribution is 7.13. The summed E-state index contributed by atoms with van der Waals surface area (Å²) in [5, 5.41) is 2.75. The van der Waals surface area contributed by atoms with Crippen molar-refractivity contribution in [3.05, 3.63) is 52.7 Å². The minimum Gasteiger partial charge on any atom is -0.465 e. The van der Waals surface area contributed by atoms with Gasteiger partial charge in [-0.2, -0.15) is 0 Å². The van der Waals surface area contributed by atoms with Crippen molar-refractivity contribution in [2.75, 3.05) is 21.2 Å². The van der Waals surface area contributed by atoms with Crippen LogP contribution in [0.2, 0.25) is 0 Å². The average Bonchev–Trinajstić information content (AvgIpc) is 3.23. The van der Waals surface area contributed by atoms with E-state index in [0.717, 1.165) is 33.5 Å². The number of hydrogen-bond donors (Lipinski definition) is 0. The molecule has 1 aromatic carbocycles. The summed E-state index contributed by atoms with van der Waals surface area (Å²) in [6.45, 7) is 4.13. The first-order valence-corrected chi connectivity index (χ1v) is 9.33. The second-order valence-electron chi connectivity index (χ2n) is 6.38. The lowest BCUT2D eigenvalue weighted by atomic mass is 10.2. The number of thiazole rings is 1. The number of aromatic nitrogens is 2. The first-order valence-electron chi connectivity index (χ1n) is 8.45. The molecule has 0 aliphatic rings. The highest BCUT2D eigenvalue weighted by Crippen LogP contribution is 2.32. The molecule has 0 saturated carbocycles. The lowest BCUT2D eigenvalue weighted by Crippen LogP contribution is -2.06. The van der Waals surface area contributed by atoms with E-state index >= 15 is 0 Å². The van der Waals surface area contributed by atoms with Crippen LogP contribution < -0.4 is 0 Å². The first kappa shape index (κ1) is 18.8. The fraction of sp³-hybridized carbons (Fsp3) is 0.250. The molecule has 140 valence electrons. The van der Waals surface area contributed by atoms with E-state index in [0.29, 0.717) is 5.56 Å². The second kappa shape index (κ2) is 7.75. The van der Waals surface area contributed by atoms with Crippen molar-refractivity contribution >= 4 is 28.8 Å². The predicted molar refractivity (Wildman–Crippen MR) is 110 cm³/mol. The van der Waals surface area contributed by atoms with Gasteiger partial charge in [-0.3, -0.25) is 0 Å². The molecule has 0 aliphatic heterocycles. The van der Waals surface area contributed by atoms with Gasteiger partial charge in [0.15, 0.2) is 0 Å². The molecule has 3 aromatic rings. The Morgan fingerprint density at radius 1 is 1.26 bits per heavy atom. The van der Waals surface area contributed by atoms with Crippen LogP contribution in [0, 0.1) is 13.8 Å². The predicted octanol–water partition coefficient (Wildman–Crippen LogP) is 4.23. The molecule has 0 fully saturated rings. The third kappa shape index (κ3) is 3.93. The zero-order valence-electron chi connectivity index (χ0n) is 16.1. The molecular formula is C20H22N4O2S. The van der Waals surface area contributed by atoms with Crippen molar-refractivity contribution in [3.63, 3.8) is 0 Å². The minimum atomic E-state index is -0.337. The number of aryl methyl sites for hydroxylation is 1. The Labute approximate surface area is 162 Å². The number of benzene rings is 1. The molecule has 0 amide bonds. The summed E-state index contributed by atoms with van der Waals surface area (Å²) in [6, 6.07) is 9.51. The summed E-state index contributed by atoms with van der Waals surface area (Å²) in [4.78, 5) is 22.5. The van der Waals surface area contributed by atoms with E-state index in [2.05, 4.69) is 34.5 Å². The maximum atomic E-state index is 11.6. The lowest BCUT2D eigenvalue weighted by molar-refractivity contribution is 0.0601. The standard InChI is InChI=1S/C20H22N4O2S/c1-13-10-17(18-11-27-20(22-18)21-12-23(3)4)14(2)24(13)16-8-6-15(7-9-16)19(25)26-5/h6-12H,1-5H3. The Morgan fingerprint density at radius 2 is 1.96 bits per heavy atom. The van der Waals surface area contributed by atoms with Gasteiger partial charge in [-0.15, -0.1) is 11.3 Å². The van der Waals surface area contributed by atoms with E-state index in [9.17, 15) is 4.79 Å². The monoisotopic (exact) mass is 382 g/mol. The normalized spacial score (nSPS) is 11.1. The van der Waals surface area contributed by atoms with Gasteiger partial charge in [0, 0.05) is 42.1 Å². The molecule has 6 nitrogen and oxygen atoms in total. The minimum absolute atomic E-state index is 0.337. The molecule has 0 N–H and O–H groups in total. The largest absolute Gasteiger partial charge is 0.465 e. The Kier molecular flexibility index (Phi) is 5.41. The maximum Gasteiger partial charge on any atom is 0.337 e. The van der Waals surface area contributed by atoms with Crippen molar-refractivity contribution in [2.45, 2.75) is 13.8 Å². The third-order valence-corrected chi connectivity index (χ3v) is 4.89. The van der Waals surface area contributed by atoms with Crippen LogP contribution in [0.5, 0.6) is 0 Å². The number of carbonyl (C=O) groups is 1. The fourth-order valence-electron chi connectivity index (χ4n) is 2.90. The smallest absolute Gasteiger partial charge is 0.337 e. The van der Waals surface area contributed by atoms with E-state index in [1.165, 1.54) is 18.4 Å². The van der Waals surface area contributed by atoms with Crippen LogP contribution in [0.4, 0.5) is 5.13 Å². The summed E-state index contributed by atoms with van der Waals surface area (Å²) in [7, 11) is 5.24. The van der Waals surface area contributed by atoms with Crippen LogP contribution in [0.15, 0.2) is 40.7 Å². The van der Waals surface area contributed by atoms with E-state index in [-0.39, 0.29) is 5.97 Å². The summed E-state index contributed by atoms with van der Waals surface area (Å²) in [5.41, 5.74) is 5.70. The molecule has 0 saturated heterocycles. The van der Waals surface area contributed by atoms with Gasteiger partial charge in [-0.05, 0) is 44.2 Å². The van der Waals surface area contributed by atoms with Crippen LogP contribution in [-0.4, -0.2) is 48.0 Å². The summed E-state index contributed by atoms with van der Waals surface area (Å²) >= 11 is 1.52. The number of ether oxygens (including phenoxy) is 1. The Hall–Kier alpha value is -2.93. The maximum absolute atomic E-state index is 11.6. The number of rotatable bonds is 5. The molecule has 0 unspecified atom stereocenters. The summed E-state index contributed by atoms with van der Waals surface area (Å²) in [5.74, 6) is -0.337. The zero-order valence-corrected chi connectivity index (χ0v) is 16.9. The summed E-state index contributed by atoms with van der Waals surface area (Å²) in [6.07, 6.45) is 1.74. The summed E-state index contributed by atoms with van der Waals surface area (Å²) < 4.78 is 6.91. The van der Waals surface area contributed by atoms with Crippen LogP contribution in [0.1, 0.15) is 21.7 Å². The number of nitrogens with zero attached hydrogens (tertiary/aromatic N) is 4. The molecule has 2 aromatic heterocycles. The number of aliphatic imine (C=N–C) groups is 1. The van der Waals surface area contributed by atoms with E-state index in [1.807, 2.05) is 36.5 Å². The van der Waals surface area contributed by atoms with Crippen molar-refractivity contribution < 1.29 is 9.53 Å². The van der Waals surface area contributed by atoms with Crippen LogP contribution in [0.25, 0.3) is 16.9 Å². The van der Waals surface area contributed by atoms with E-state index in [1.54, 1.807) is 18.5 Å². The molecule has 7 heteroatoms. The molecule has 3 rings (SSSR count). The molecule has 0 spiro atoms. The molecular weight excluding hydrogens is 360 g/mol. The first-order chi connectivity index (χ1) is 12.9. The number of hydrogen-bond acceptors (Lipinski definition) is 5. The Morgan fingerprint density at radius 3 is 2.59 bits per heavy atom. The SMILES string of the molecule is COC(=O)c1ccc(-n2c(C)cc(-c3csc(N=CN(C)C)n3)c2C)cc1. The molecule has 0 radical (unpaired) electrons. The topological polar surface area (TPSA) is 59.7 Å². The van der Waals surface area contributed by atoms with Crippen molar-refractivity contribution in [1.82, 2.24) is 14.5 Å². The van der Waals surface area contributed by atoms with Crippen LogP contribution in [-0.2, 0) is 4.74 Å².